The van der Waals surface area contributed by atoms with Gasteiger partial charge in [0.1, 0.15) is 5.82 Å². The van der Waals surface area contributed by atoms with Gasteiger partial charge in [-0.2, -0.15) is 5.10 Å². The number of nitro benzene ring substituents is 1. The van der Waals surface area contributed by atoms with Crippen molar-refractivity contribution in [2.24, 2.45) is 0 Å². The number of hydrogen-bond donors (Lipinski definition) is 1. The van der Waals surface area contributed by atoms with Crippen LogP contribution in [0.2, 0.25) is 0 Å². The summed E-state index contributed by atoms with van der Waals surface area (Å²) >= 11 is 0. The number of carbonyl (C=O) groups is 1. The Kier molecular flexibility index (Phi) is 4.36. The average molecular weight is 314 g/mol. The van der Waals surface area contributed by atoms with Gasteiger partial charge in [0.25, 0.3) is 5.69 Å². The van der Waals surface area contributed by atoms with Crippen molar-refractivity contribution in [2.75, 3.05) is 5.32 Å². The van der Waals surface area contributed by atoms with Crippen molar-refractivity contribution in [3.8, 4) is 0 Å². The first-order chi connectivity index (χ1) is 11.1. The van der Waals surface area contributed by atoms with Crippen molar-refractivity contribution < 1.29 is 9.72 Å². The van der Waals surface area contributed by atoms with Crippen LogP contribution in [0.4, 0.5) is 11.5 Å². The molecule has 7 heteroatoms. The number of benzene rings is 1. The summed E-state index contributed by atoms with van der Waals surface area (Å²) in [6, 6.07) is 8.38. The standard InChI is InChI=1S/C16H18N4O3/c21-16(11-12-5-1-4-8-14(12)20(22)23)18-15-9-10-17-19(15)13-6-2-3-7-13/h1,4-5,8-10,13H,2-3,6-7,11H2,(H,18,21). The summed E-state index contributed by atoms with van der Waals surface area (Å²) < 4.78 is 1.85. The van der Waals surface area contributed by atoms with E-state index in [0.29, 0.717) is 17.4 Å². The molecule has 0 unspecified atom stereocenters. The number of hydrogen-bond acceptors (Lipinski definition) is 4. The molecule has 1 aromatic carbocycles. The van der Waals surface area contributed by atoms with E-state index in [2.05, 4.69) is 10.4 Å². The molecule has 1 fully saturated rings. The van der Waals surface area contributed by atoms with Crippen LogP contribution in [0.1, 0.15) is 37.3 Å². The van der Waals surface area contributed by atoms with Gasteiger partial charge in [0.2, 0.25) is 5.91 Å². The molecule has 120 valence electrons. The lowest BCUT2D eigenvalue weighted by Gasteiger charge is -2.14. The number of amides is 1. The number of nitrogens with zero attached hydrogens (tertiary/aromatic N) is 3. The van der Waals surface area contributed by atoms with Gasteiger partial charge in [-0.15, -0.1) is 0 Å². The van der Waals surface area contributed by atoms with Crippen LogP contribution >= 0.6 is 0 Å². The van der Waals surface area contributed by atoms with Crippen molar-refractivity contribution in [3.05, 3.63) is 52.2 Å². The van der Waals surface area contributed by atoms with Gasteiger partial charge in [-0.05, 0) is 12.8 Å². The first-order valence-electron chi connectivity index (χ1n) is 7.71. The van der Waals surface area contributed by atoms with Crippen molar-refractivity contribution in [3.63, 3.8) is 0 Å². The Hall–Kier alpha value is -2.70. The van der Waals surface area contributed by atoms with E-state index in [1.807, 2.05) is 4.68 Å². The van der Waals surface area contributed by atoms with E-state index >= 15 is 0 Å². The molecule has 0 radical (unpaired) electrons. The van der Waals surface area contributed by atoms with Crippen LogP contribution in [0, 0.1) is 10.1 Å². The SMILES string of the molecule is O=C(Cc1ccccc1[N+](=O)[O-])Nc1ccnn1C1CCCC1. The fourth-order valence-electron chi connectivity index (χ4n) is 3.05. The van der Waals surface area contributed by atoms with E-state index in [9.17, 15) is 14.9 Å². The molecule has 1 aliphatic carbocycles. The van der Waals surface area contributed by atoms with Crippen molar-refractivity contribution in [2.45, 2.75) is 38.1 Å². The zero-order valence-electron chi connectivity index (χ0n) is 12.6. The second kappa shape index (κ2) is 6.60. The van der Waals surface area contributed by atoms with Crippen LogP contribution in [-0.2, 0) is 11.2 Å². The third-order valence-electron chi connectivity index (χ3n) is 4.15. The van der Waals surface area contributed by atoms with Crippen LogP contribution in [0.3, 0.4) is 0 Å². The van der Waals surface area contributed by atoms with E-state index in [4.69, 9.17) is 0 Å². The number of rotatable bonds is 5. The smallest absolute Gasteiger partial charge is 0.273 e. The predicted molar refractivity (Wildman–Crippen MR) is 85.2 cm³/mol. The molecule has 1 N–H and O–H groups in total. The maximum atomic E-state index is 12.2. The van der Waals surface area contributed by atoms with Gasteiger partial charge < -0.3 is 5.32 Å². The van der Waals surface area contributed by atoms with Crippen LogP contribution in [0.15, 0.2) is 36.5 Å². The summed E-state index contributed by atoms with van der Waals surface area (Å²) in [5.41, 5.74) is 0.369. The number of nitro groups is 1. The zero-order chi connectivity index (χ0) is 16.2. The van der Waals surface area contributed by atoms with Crippen LogP contribution in [0.25, 0.3) is 0 Å². The number of para-hydroxylation sites is 1. The minimum Gasteiger partial charge on any atom is -0.311 e. The molecule has 1 aromatic heterocycles. The molecule has 0 aliphatic heterocycles. The Labute approximate surface area is 133 Å². The molecule has 1 amide bonds. The molecule has 0 atom stereocenters. The molecule has 2 aromatic rings. The van der Waals surface area contributed by atoms with Gasteiger partial charge in [-0.1, -0.05) is 31.0 Å². The fourth-order valence-corrected chi connectivity index (χ4v) is 3.05. The lowest BCUT2D eigenvalue weighted by Crippen LogP contribution is -2.19. The Morgan fingerprint density at radius 2 is 2.04 bits per heavy atom. The first kappa shape index (κ1) is 15.2. The summed E-state index contributed by atoms with van der Waals surface area (Å²) in [5.74, 6) is 0.375. The summed E-state index contributed by atoms with van der Waals surface area (Å²) in [6.45, 7) is 0. The van der Waals surface area contributed by atoms with Gasteiger partial charge in [-0.3, -0.25) is 14.9 Å². The molecular formula is C16H18N4O3. The largest absolute Gasteiger partial charge is 0.311 e. The van der Waals surface area contributed by atoms with E-state index in [-0.39, 0.29) is 18.0 Å². The molecule has 0 saturated heterocycles. The van der Waals surface area contributed by atoms with Gasteiger partial charge in [0.05, 0.1) is 23.6 Å². The Morgan fingerprint density at radius 1 is 1.30 bits per heavy atom. The third kappa shape index (κ3) is 3.39. The van der Waals surface area contributed by atoms with E-state index in [1.165, 1.54) is 18.9 Å². The summed E-state index contributed by atoms with van der Waals surface area (Å²) in [7, 11) is 0. The highest BCUT2D eigenvalue weighted by Gasteiger charge is 2.21. The molecule has 1 aliphatic rings. The van der Waals surface area contributed by atoms with Crippen molar-refractivity contribution >= 4 is 17.4 Å². The quantitative estimate of drug-likeness (QED) is 0.678. The fraction of sp³-hybridized carbons (Fsp3) is 0.375. The predicted octanol–water partition coefficient (Wildman–Crippen LogP) is 3.09. The monoisotopic (exact) mass is 314 g/mol. The minimum atomic E-state index is -0.467. The summed E-state index contributed by atoms with van der Waals surface area (Å²) in [5, 5.41) is 18.1. The Balaban J connectivity index is 1.71. The number of nitrogens with one attached hydrogen (secondary N) is 1. The highest BCUT2D eigenvalue weighted by molar-refractivity contribution is 5.92. The molecule has 1 saturated carbocycles. The average Bonchev–Trinajstić information content (AvgIpc) is 3.18. The molecule has 1 heterocycles. The zero-order valence-corrected chi connectivity index (χ0v) is 12.6. The first-order valence-corrected chi connectivity index (χ1v) is 7.71. The van der Waals surface area contributed by atoms with Gasteiger partial charge >= 0.3 is 0 Å². The van der Waals surface area contributed by atoms with Crippen molar-refractivity contribution in [1.29, 1.82) is 0 Å². The molecule has 7 nitrogen and oxygen atoms in total. The topological polar surface area (TPSA) is 90.1 Å². The summed E-state index contributed by atoms with van der Waals surface area (Å²) in [4.78, 5) is 22.8. The lowest BCUT2D eigenvalue weighted by atomic mass is 10.1. The van der Waals surface area contributed by atoms with Crippen LogP contribution < -0.4 is 5.32 Å². The molecule has 0 bridgehead atoms. The molecular weight excluding hydrogens is 296 g/mol. The van der Waals surface area contributed by atoms with Gasteiger partial charge in [0, 0.05) is 17.7 Å². The van der Waals surface area contributed by atoms with E-state index in [1.54, 1.807) is 30.5 Å². The molecule has 3 rings (SSSR count). The minimum absolute atomic E-state index is 0.0347. The van der Waals surface area contributed by atoms with Crippen LogP contribution in [-0.4, -0.2) is 20.6 Å². The second-order valence-electron chi connectivity index (χ2n) is 5.71. The lowest BCUT2D eigenvalue weighted by molar-refractivity contribution is -0.385. The Morgan fingerprint density at radius 3 is 2.78 bits per heavy atom. The van der Waals surface area contributed by atoms with Gasteiger partial charge in [-0.25, -0.2) is 4.68 Å². The highest BCUT2D eigenvalue weighted by atomic mass is 16.6. The van der Waals surface area contributed by atoms with E-state index in [0.717, 1.165) is 12.8 Å². The summed E-state index contributed by atoms with van der Waals surface area (Å²) in [6.07, 6.45) is 6.11. The number of aromatic nitrogens is 2. The van der Waals surface area contributed by atoms with E-state index < -0.39 is 4.92 Å². The van der Waals surface area contributed by atoms with Gasteiger partial charge in [0.15, 0.2) is 0 Å². The maximum absolute atomic E-state index is 12.2. The van der Waals surface area contributed by atoms with Crippen LogP contribution in [0.5, 0.6) is 0 Å². The highest BCUT2D eigenvalue weighted by Crippen LogP contribution is 2.31. The molecule has 23 heavy (non-hydrogen) atoms. The normalized spacial score (nSPS) is 14.8. The Bertz CT molecular complexity index is 720. The molecule has 0 spiro atoms. The number of carbonyl (C=O) groups excluding carboxylic acids is 1. The maximum Gasteiger partial charge on any atom is 0.273 e. The third-order valence-corrected chi connectivity index (χ3v) is 4.15. The second-order valence-corrected chi connectivity index (χ2v) is 5.71. The number of anilines is 1. The van der Waals surface area contributed by atoms with Crippen molar-refractivity contribution in [1.82, 2.24) is 9.78 Å².